The highest BCUT2D eigenvalue weighted by Crippen LogP contribution is 2.22. The third-order valence-electron chi connectivity index (χ3n) is 3.04. The minimum Gasteiger partial charge on any atom is -0.326 e. The number of rotatable bonds is 4. The standard InChI is InChI=1S/C12H17ClN2O2S2/c13-12-6-11(4-3-9(12)7-14)19(16,17)15-10-2-1-5-18-8-10/h3-4,6,10,15H,1-2,5,7-8,14H2. The highest BCUT2D eigenvalue weighted by Gasteiger charge is 2.22. The molecule has 0 saturated carbocycles. The van der Waals surface area contributed by atoms with Crippen molar-refractivity contribution in [1.29, 1.82) is 0 Å². The Bertz CT molecular complexity index is 543. The van der Waals surface area contributed by atoms with Crippen LogP contribution in [-0.4, -0.2) is 26.0 Å². The Hall–Kier alpha value is -0.270. The van der Waals surface area contributed by atoms with E-state index in [-0.39, 0.29) is 10.9 Å². The number of nitrogens with two attached hydrogens (primary N) is 1. The Morgan fingerprint density at radius 2 is 2.26 bits per heavy atom. The van der Waals surface area contributed by atoms with Gasteiger partial charge >= 0.3 is 0 Å². The fourth-order valence-corrected chi connectivity index (χ4v) is 4.78. The van der Waals surface area contributed by atoms with Gasteiger partial charge in [-0.1, -0.05) is 17.7 Å². The highest BCUT2D eigenvalue weighted by atomic mass is 35.5. The van der Waals surface area contributed by atoms with Crippen LogP contribution in [0.4, 0.5) is 0 Å². The number of nitrogens with one attached hydrogen (secondary N) is 1. The molecule has 0 amide bonds. The lowest BCUT2D eigenvalue weighted by molar-refractivity contribution is 0.543. The molecule has 1 aliphatic heterocycles. The molecule has 19 heavy (non-hydrogen) atoms. The minimum atomic E-state index is -3.50. The van der Waals surface area contributed by atoms with E-state index in [0.717, 1.165) is 29.9 Å². The quantitative estimate of drug-likeness (QED) is 0.889. The first-order valence-corrected chi connectivity index (χ1v) is 9.13. The van der Waals surface area contributed by atoms with Crippen molar-refractivity contribution in [2.24, 2.45) is 5.73 Å². The molecule has 2 rings (SSSR count). The summed E-state index contributed by atoms with van der Waals surface area (Å²) in [7, 11) is -3.50. The number of hydrogen-bond acceptors (Lipinski definition) is 4. The van der Waals surface area contributed by atoms with Gasteiger partial charge in [0.2, 0.25) is 10.0 Å². The fraction of sp³-hybridized carbons (Fsp3) is 0.500. The van der Waals surface area contributed by atoms with Crippen LogP contribution in [0.1, 0.15) is 18.4 Å². The van der Waals surface area contributed by atoms with Gasteiger partial charge in [0, 0.05) is 23.4 Å². The molecule has 1 fully saturated rings. The summed E-state index contributed by atoms with van der Waals surface area (Å²) < 4.78 is 27.2. The molecular weight excluding hydrogens is 304 g/mol. The van der Waals surface area contributed by atoms with Crippen LogP contribution in [0.15, 0.2) is 23.1 Å². The summed E-state index contributed by atoms with van der Waals surface area (Å²) in [5.41, 5.74) is 6.25. The molecule has 0 aromatic heterocycles. The van der Waals surface area contributed by atoms with Gasteiger partial charge in [0.15, 0.2) is 0 Å². The van der Waals surface area contributed by atoms with Crippen LogP contribution >= 0.6 is 23.4 Å². The lowest BCUT2D eigenvalue weighted by Crippen LogP contribution is -2.38. The van der Waals surface area contributed by atoms with E-state index in [1.165, 1.54) is 6.07 Å². The largest absolute Gasteiger partial charge is 0.326 e. The van der Waals surface area contributed by atoms with Gasteiger partial charge in [0.05, 0.1) is 4.90 Å². The van der Waals surface area contributed by atoms with Crippen molar-refractivity contribution in [1.82, 2.24) is 4.72 Å². The molecule has 1 aromatic carbocycles. The number of thioether (sulfide) groups is 1. The van der Waals surface area contributed by atoms with Gasteiger partial charge in [-0.2, -0.15) is 11.8 Å². The summed E-state index contributed by atoms with van der Waals surface area (Å²) in [6.07, 6.45) is 1.94. The summed E-state index contributed by atoms with van der Waals surface area (Å²) >= 11 is 7.78. The van der Waals surface area contributed by atoms with E-state index in [1.54, 1.807) is 23.9 Å². The molecule has 1 aliphatic rings. The van der Waals surface area contributed by atoms with Crippen molar-refractivity contribution in [2.75, 3.05) is 11.5 Å². The average molecular weight is 321 g/mol. The molecule has 0 bridgehead atoms. The Balaban J connectivity index is 2.16. The Morgan fingerprint density at radius 1 is 1.47 bits per heavy atom. The van der Waals surface area contributed by atoms with Gasteiger partial charge in [-0.25, -0.2) is 13.1 Å². The number of hydrogen-bond donors (Lipinski definition) is 2. The zero-order valence-electron chi connectivity index (χ0n) is 10.4. The van der Waals surface area contributed by atoms with Gasteiger partial charge in [0.25, 0.3) is 0 Å². The first-order valence-electron chi connectivity index (χ1n) is 6.11. The lowest BCUT2D eigenvalue weighted by Gasteiger charge is -2.22. The predicted octanol–water partition coefficient (Wildman–Crippen LogP) is 1.97. The van der Waals surface area contributed by atoms with E-state index in [4.69, 9.17) is 17.3 Å². The first kappa shape index (κ1) is 15.1. The zero-order valence-corrected chi connectivity index (χ0v) is 12.8. The molecule has 1 aromatic rings. The molecule has 1 atom stereocenters. The second kappa shape index (κ2) is 6.45. The Morgan fingerprint density at radius 3 is 2.84 bits per heavy atom. The number of sulfonamides is 1. The van der Waals surface area contributed by atoms with Crippen molar-refractivity contribution in [3.8, 4) is 0 Å². The minimum absolute atomic E-state index is 0.0108. The van der Waals surface area contributed by atoms with Crippen molar-refractivity contribution < 1.29 is 8.42 Å². The normalized spacial score (nSPS) is 20.4. The Kier molecular flexibility index (Phi) is 5.14. The second-order valence-electron chi connectivity index (χ2n) is 4.49. The van der Waals surface area contributed by atoms with Crippen molar-refractivity contribution in [2.45, 2.75) is 30.3 Å². The maximum Gasteiger partial charge on any atom is 0.240 e. The molecule has 4 nitrogen and oxygen atoms in total. The maximum absolute atomic E-state index is 12.2. The number of benzene rings is 1. The smallest absolute Gasteiger partial charge is 0.240 e. The van der Waals surface area contributed by atoms with E-state index in [0.29, 0.717) is 11.6 Å². The molecule has 1 heterocycles. The average Bonchev–Trinajstić information content (AvgIpc) is 2.39. The van der Waals surface area contributed by atoms with Crippen LogP contribution in [0, 0.1) is 0 Å². The van der Waals surface area contributed by atoms with Crippen molar-refractivity contribution in [3.05, 3.63) is 28.8 Å². The maximum atomic E-state index is 12.2. The van der Waals surface area contributed by atoms with Gasteiger partial charge < -0.3 is 5.73 Å². The number of halogens is 1. The monoisotopic (exact) mass is 320 g/mol. The van der Waals surface area contributed by atoms with Gasteiger partial charge in [-0.3, -0.25) is 0 Å². The van der Waals surface area contributed by atoms with Crippen LogP contribution < -0.4 is 10.5 Å². The van der Waals surface area contributed by atoms with Crippen molar-refractivity contribution in [3.63, 3.8) is 0 Å². The van der Waals surface area contributed by atoms with Gasteiger partial charge in [0.1, 0.15) is 0 Å². The van der Waals surface area contributed by atoms with Crippen LogP contribution in [0.5, 0.6) is 0 Å². The molecule has 0 spiro atoms. The summed E-state index contributed by atoms with van der Waals surface area (Å²) in [6, 6.07) is 4.68. The van der Waals surface area contributed by atoms with Gasteiger partial charge in [-0.05, 0) is 36.3 Å². The molecule has 1 saturated heterocycles. The fourth-order valence-electron chi connectivity index (χ4n) is 1.98. The van der Waals surface area contributed by atoms with Crippen LogP contribution in [0.3, 0.4) is 0 Å². The summed E-state index contributed by atoms with van der Waals surface area (Å²) in [6.45, 7) is 0.297. The summed E-state index contributed by atoms with van der Waals surface area (Å²) in [4.78, 5) is 0.199. The van der Waals surface area contributed by atoms with E-state index >= 15 is 0 Å². The molecule has 7 heteroatoms. The molecule has 0 radical (unpaired) electrons. The SMILES string of the molecule is NCc1ccc(S(=O)(=O)NC2CCCSC2)cc1Cl. The van der Waals surface area contributed by atoms with Crippen LogP contribution in [-0.2, 0) is 16.6 Å². The van der Waals surface area contributed by atoms with Crippen LogP contribution in [0.2, 0.25) is 5.02 Å². The summed E-state index contributed by atoms with van der Waals surface area (Å²) in [5, 5.41) is 0.392. The molecule has 1 unspecified atom stereocenters. The lowest BCUT2D eigenvalue weighted by atomic mass is 10.2. The van der Waals surface area contributed by atoms with E-state index in [9.17, 15) is 8.42 Å². The first-order chi connectivity index (χ1) is 9.03. The van der Waals surface area contributed by atoms with Crippen molar-refractivity contribution >= 4 is 33.4 Å². The molecule has 3 N–H and O–H groups in total. The topological polar surface area (TPSA) is 72.2 Å². The second-order valence-corrected chi connectivity index (χ2v) is 7.76. The third kappa shape index (κ3) is 3.86. The third-order valence-corrected chi connectivity index (χ3v) is 6.12. The summed E-state index contributed by atoms with van der Waals surface area (Å²) in [5.74, 6) is 1.93. The van der Waals surface area contributed by atoms with Crippen LogP contribution in [0.25, 0.3) is 0 Å². The van der Waals surface area contributed by atoms with E-state index in [2.05, 4.69) is 4.72 Å². The van der Waals surface area contributed by atoms with Gasteiger partial charge in [-0.15, -0.1) is 0 Å². The molecule has 106 valence electrons. The predicted molar refractivity (Wildman–Crippen MR) is 80.0 cm³/mol. The molecule has 0 aliphatic carbocycles. The van der Waals surface area contributed by atoms with E-state index < -0.39 is 10.0 Å². The Labute approximate surface area is 123 Å². The zero-order chi connectivity index (χ0) is 13.9. The van der Waals surface area contributed by atoms with E-state index in [1.807, 2.05) is 0 Å². The highest BCUT2D eigenvalue weighted by molar-refractivity contribution is 7.99. The molecular formula is C12H17ClN2O2S2.